The van der Waals surface area contributed by atoms with E-state index in [-0.39, 0.29) is 17.6 Å². The molecule has 0 fully saturated rings. The van der Waals surface area contributed by atoms with Gasteiger partial charge in [0, 0.05) is 25.5 Å². The Kier molecular flexibility index (Phi) is 4.79. The van der Waals surface area contributed by atoms with Crippen molar-refractivity contribution in [1.82, 2.24) is 19.1 Å². The number of carbonyl (C=O) groups excluding carboxylic acids is 1. The van der Waals surface area contributed by atoms with Gasteiger partial charge in [-0.2, -0.15) is 0 Å². The average Bonchev–Trinajstić information content (AvgIpc) is 3.40. The number of thiophene rings is 1. The molecule has 0 saturated heterocycles. The van der Waals surface area contributed by atoms with Gasteiger partial charge in [0.2, 0.25) is 0 Å². The normalized spacial score (nSPS) is 11.5. The molecule has 0 radical (unpaired) electrons. The Morgan fingerprint density at radius 3 is 2.81 bits per heavy atom. The van der Waals surface area contributed by atoms with Crippen molar-refractivity contribution in [3.05, 3.63) is 55.6 Å². The minimum absolute atomic E-state index is 0.211. The van der Waals surface area contributed by atoms with Crippen LogP contribution in [-0.2, 0) is 18.9 Å². The number of anilines is 1. The number of aryl methyl sites for hydroxylation is 2. The summed E-state index contributed by atoms with van der Waals surface area (Å²) in [7, 11) is 2.94. The predicted molar refractivity (Wildman–Crippen MR) is 126 cm³/mol. The van der Waals surface area contributed by atoms with Crippen molar-refractivity contribution in [1.29, 1.82) is 0 Å². The van der Waals surface area contributed by atoms with Crippen molar-refractivity contribution in [2.45, 2.75) is 6.92 Å². The van der Waals surface area contributed by atoms with Crippen molar-refractivity contribution in [3.63, 3.8) is 0 Å². The first-order chi connectivity index (χ1) is 15.3. The lowest BCUT2D eigenvalue weighted by Gasteiger charge is -2.10. The first-order valence-corrected chi connectivity index (χ1v) is 11.3. The molecule has 0 saturated carbocycles. The van der Waals surface area contributed by atoms with Gasteiger partial charge in [-0.25, -0.2) is 14.8 Å². The van der Waals surface area contributed by atoms with Crippen molar-refractivity contribution in [2.24, 2.45) is 14.1 Å². The zero-order chi connectivity index (χ0) is 22.6. The van der Waals surface area contributed by atoms with E-state index in [9.17, 15) is 14.4 Å². The van der Waals surface area contributed by atoms with E-state index >= 15 is 0 Å². The maximum Gasteiger partial charge on any atom is 0.332 e. The zero-order valence-corrected chi connectivity index (χ0v) is 19.0. The minimum atomic E-state index is -0.476. The Morgan fingerprint density at radius 2 is 2.00 bits per heavy atom. The van der Waals surface area contributed by atoms with Crippen molar-refractivity contribution < 1.29 is 9.53 Å². The molecule has 0 aliphatic heterocycles. The van der Waals surface area contributed by atoms with Crippen LogP contribution in [0.5, 0.6) is 5.75 Å². The number of fused-ring (bicyclic) bond motifs is 4. The van der Waals surface area contributed by atoms with Gasteiger partial charge < -0.3 is 10.1 Å². The van der Waals surface area contributed by atoms with E-state index in [0.29, 0.717) is 11.4 Å². The van der Waals surface area contributed by atoms with E-state index in [1.54, 1.807) is 22.7 Å². The number of ether oxygens (including phenoxy) is 1. The standard InChI is InChI=1S/C21H17N5O4S2/c1-10-23-17-15(32-10)7-14(12-4-5-31-18(12)17)30-9-16(27)24-11-6-13-19(22-8-11)25(2)21(29)26(3)20(13)28/h4-8H,9H2,1-3H3,(H,24,27). The van der Waals surface area contributed by atoms with Crippen LogP contribution < -0.4 is 21.3 Å². The molecule has 0 spiro atoms. The highest BCUT2D eigenvalue weighted by atomic mass is 32.1. The second-order valence-corrected chi connectivity index (χ2v) is 9.41. The minimum Gasteiger partial charge on any atom is -0.483 e. The lowest BCUT2D eigenvalue weighted by atomic mass is 10.2. The predicted octanol–water partition coefficient (Wildman–Crippen LogP) is 2.78. The smallest absolute Gasteiger partial charge is 0.332 e. The van der Waals surface area contributed by atoms with Crippen molar-refractivity contribution >= 4 is 65.6 Å². The Bertz CT molecular complexity index is 1660. The summed E-state index contributed by atoms with van der Waals surface area (Å²) in [5, 5.41) is 6.79. The fourth-order valence-electron chi connectivity index (χ4n) is 3.58. The highest BCUT2D eigenvalue weighted by Gasteiger charge is 2.15. The van der Waals surface area contributed by atoms with Gasteiger partial charge in [-0.05, 0) is 24.4 Å². The number of amides is 1. The second kappa shape index (κ2) is 7.53. The molecule has 162 valence electrons. The third-order valence-electron chi connectivity index (χ3n) is 5.10. The fraction of sp³-hybridized carbons (Fsp3) is 0.190. The molecule has 5 rings (SSSR count). The number of thiazole rings is 1. The van der Waals surface area contributed by atoms with Crippen LogP contribution in [0.15, 0.2) is 39.4 Å². The average molecular weight is 468 g/mol. The molecular formula is C21H17N5O4S2. The van der Waals surface area contributed by atoms with Crippen LogP contribution in [0.1, 0.15) is 5.01 Å². The number of benzene rings is 1. The van der Waals surface area contributed by atoms with Gasteiger partial charge in [0.1, 0.15) is 11.4 Å². The van der Waals surface area contributed by atoms with Gasteiger partial charge in [-0.3, -0.25) is 18.7 Å². The van der Waals surface area contributed by atoms with Crippen LogP contribution in [0.3, 0.4) is 0 Å². The molecule has 0 bridgehead atoms. The largest absolute Gasteiger partial charge is 0.483 e. The van der Waals surface area contributed by atoms with Crippen LogP contribution in [0.2, 0.25) is 0 Å². The first-order valence-electron chi connectivity index (χ1n) is 9.59. The van der Waals surface area contributed by atoms with E-state index < -0.39 is 17.2 Å². The van der Waals surface area contributed by atoms with Gasteiger partial charge in [-0.15, -0.1) is 22.7 Å². The summed E-state index contributed by atoms with van der Waals surface area (Å²) in [4.78, 5) is 45.8. The molecule has 0 unspecified atom stereocenters. The third kappa shape index (κ3) is 3.26. The van der Waals surface area contributed by atoms with Crippen LogP contribution in [0, 0.1) is 6.92 Å². The van der Waals surface area contributed by atoms with Crippen LogP contribution in [-0.4, -0.2) is 31.6 Å². The summed E-state index contributed by atoms with van der Waals surface area (Å²) in [5.74, 6) is 0.227. The molecule has 1 N–H and O–H groups in total. The number of aromatic nitrogens is 4. The van der Waals surface area contributed by atoms with E-state index in [0.717, 1.165) is 29.9 Å². The SMILES string of the molecule is Cc1nc2c(cc(OCC(=O)Nc3cnc4c(c3)c(=O)n(C)c(=O)n4C)c3ccsc32)s1. The van der Waals surface area contributed by atoms with Crippen LogP contribution in [0.25, 0.3) is 31.3 Å². The number of hydrogen-bond donors (Lipinski definition) is 1. The van der Waals surface area contributed by atoms with Crippen LogP contribution >= 0.6 is 22.7 Å². The molecule has 0 aliphatic rings. The molecule has 4 heterocycles. The van der Waals surface area contributed by atoms with Gasteiger partial charge in [0.25, 0.3) is 11.5 Å². The summed E-state index contributed by atoms with van der Waals surface area (Å²) in [6.07, 6.45) is 1.41. The molecule has 9 nitrogen and oxygen atoms in total. The third-order valence-corrected chi connectivity index (χ3v) is 6.94. The number of nitrogens with one attached hydrogen (secondary N) is 1. The van der Waals surface area contributed by atoms with E-state index in [1.807, 2.05) is 24.4 Å². The van der Waals surface area contributed by atoms with E-state index in [1.165, 1.54) is 30.9 Å². The highest BCUT2D eigenvalue weighted by molar-refractivity contribution is 7.21. The monoisotopic (exact) mass is 467 g/mol. The summed E-state index contributed by atoms with van der Waals surface area (Å²) in [5.41, 5.74) is 0.605. The molecule has 11 heteroatoms. The summed E-state index contributed by atoms with van der Waals surface area (Å²) in [6.45, 7) is 1.75. The Balaban J connectivity index is 1.39. The number of hydrogen-bond acceptors (Lipinski definition) is 8. The Labute approximate surface area is 188 Å². The number of pyridine rings is 1. The Hall–Kier alpha value is -3.57. The maximum absolute atomic E-state index is 12.5. The molecule has 1 amide bonds. The second-order valence-electron chi connectivity index (χ2n) is 7.26. The van der Waals surface area contributed by atoms with Crippen molar-refractivity contribution in [3.8, 4) is 5.75 Å². The number of carbonyl (C=O) groups is 1. The number of nitrogens with zero attached hydrogens (tertiary/aromatic N) is 4. The van der Waals surface area contributed by atoms with Gasteiger partial charge in [0.15, 0.2) is 6.61 Å². The maximum atomic E-state index is 12.5. The molecule has 32 heavy (non-hydrogen) atoms. The number of rotatable bonds is 4. The molecular weight excluding hydrogens is 450 g/mol. The van der Waals surface area contributed by atoms with Gasteiger partial charge in [-0.1, -0.05) is 0 Å². The summed E-state index contributed by atoms with van der Waals surface area (Å²) >= 11 is 3.16. The van der Waals surface area contributed by atoms with E-state index in [2.05, 4.69) is 15.3 Å². The molecule has 4 aromatic heterocycles. The van der Waals surface area contributed by atoms with Gasteiger partial charge in [0.05, 0.1) is 37.2 Å². The lowest BCUT2D eigenvalue weighted by Crippen LogP contribution is -2.37. The van der Waals surface area contributed by atoms with Crippen LogP contribution in [0.4, 0.5) is 5.69 Å². The first kappa shape index (κ1) is 20.3. The fourth-order valence-corrected chi connectivity index (χ4v) is 5.41. The van der Waals surface area contributed by atoms with Gasteiger partial charge >= 0.3 is 5.69 Å². The summed E-state index contributed by atoms with van der Waals surface area (Å²) < 4.78 is 10.2. The quantitative estimate of drug-likeness (QED) is 0.435. The highest BCUT2D eigenvalue weighted by Crippen LogP contribution is 2.38. The molecule has 1 aromatic carbocycles. The van der Waals surface area contributed by atoms with Crippen molar-refractivity contribution in [2.75, 3.05) is 11.9 Å². The topological polar surface area (TPSA) is 108 Å². The summed E-state index contributed by atoms with van der Waals surface area (Å²) in [6, 6.07) is 5.37. The molecule has 0 atom stereocenters. The molecule has 5 aromatic rings. The molecule has 0 aliphatic carbocycles. The Morgan fingerprint density at radius 1 is 1.19 bits per heavy atom. The zero-order valence-electron chi connectivity index (χ0n) is 17.3. The lowest BCUT2D eigenvalue weighted by molar-refractivity contribution is -0.118. The van der Waals surface area contributed by atoms with E-state index in [4.69, 9.17) is 4.74 Å².